The Morgan fingerprint density at radius 2 is 1.80 bits per heavy atom. The zero-order valence-electron chi connectivity index (χ0n) is 11.5. The molecule has 1 aromatic carbocycles. The van der Waals surface area contributed by atoms with Crippen molar-refractivity contribution in [1.82, 2.24) is 5.32 Å². The molecule has 0 spiro atoms. The van der Waals surface area contributed by atoms with Crippen LogP contribution in [-0.2, 0) is 9.59 Å². The van der Waals surface area contributed by atoms with Crippen molar-refractivity contribution in [3.05, 3.63) is 35.9 Å². The van der Waals surface area contributed by atoms with E-state index in [0.29, 0.717) is 0 Å². The zero-order chi connectivity index (χ0) is 14.4. The molecule has 2 rings (SSSR count). The number of benzene rings is 1. The van der Waals surface area contributed by atoms with Crippen molar-refractivity contribution >= 4 is 11.9 Å². The van der Waals surface area contributed by atoms with Crippen LogP contribution in [0.4, 0.5) is 0 Å². The molecule has 4 nitrogen and oxygen atoms in total. The molecule has 20 heavy (non-hydrogen) atoms. The highest BCUT2D eigenvalue weighted by atomic mass is 16.4. The highest BCUT2D eigenvalue weighted by molar-refractivity contribution is 5.81. The van der Waals surface area contributed by atoms with Crippen molar-refractivity contribution in [3.63, 3.8) is 0 Å². The van der Waals surface area contributed by atoms with Gasteiger partial charge in [0.1, 0.15) is 0 Å². The standard InChI is InChI=1S/C16H21NO3/c18-15(13-9-5-2-6-10-13)17-11-14(16(19)20)12-7-3-1-4-8-12/h1,3-4,7-8,13-14H,2,5-6,9-11H2,(H,17,18)(H,19,20). The number of hydrogen-bond donors (Lipinski definition) is 2. The molecule has 1 unspecified atom stereocenters. The Kier molecular flexibility index (Phi) is 5.16. The number of amides is 1. The first kappa shape index (κ1) is 14.6. The van der Waals surface area contributed by atoms with Crippen molar-refractivity contribution in [1.29, 1.82) is 0 Å². The van der Waals surface area contributed by atoms with Gasteiger partial charge in [0, 0.05) is 12.5 Å². The van der Waals surface area contributed by atoms with Crippen molar-refractivity contribution < 1.29 is 14.7 Å². The highest BCUT2D eigenvalue weighted by Crippen LogP contribution is 2.24. The average molecular weight is 275 g/mol. The van der Waals surface area contributed by atoms with Gasteiger partial charge >= 0.3 is 5.97 Å². The molecule has 1 aliphatic rings. The minimum atomic E-state index is -0.903. The number of carboxylic acids is 1. The predicted molar refractivity (Wildman–Crippen MR) is 76.4 cm³/mol. The molecule has 1 aliphatic carbocycles. The normalized spacial score (nSPS) is 17.4. The maximum Gasteiger partial charge on any atom is 0.312 e. The molecule has 0 aliphatic heterocycles. The molecule has 1 amide bonds. The van der Waals surface area contributed by atoms with Crippen LogP contribution in [0.5, 0.6) is 0 Å². The third-order valence-electron chi connectivity index (χ3n) is 3.96. The Morgan fingerprint density at radius 1 is 1.15 bits per heavy atom. The van der Waals surface area contributed by atoms with E-state index in [9.17, 15) is 14.7 Å². The van der Waals surface area contributed by atoms with E-state index in [1.54, 1.807) is 12.1 Å². The molecule has 1 aromatic rings. The number of nitrogens with one attached hydrogen (secondary N) is 1. The number of carboxylic acid groups (broad SMARTS) is 1. The lowest BCUT2D eigenvalue weighted by atomic mass is 9.88. The summed E-state index contributed by atoms with van der Waals surface area (Å²) in [7, 11) is 0. The maximum atomic E-state index is 12.1. The van der Waals surface area contributed by atoms with Gasteiger partial charge < -0.3 is 10.4 Å². The second kappa shape index (κ2) is 7.08. The fourth-order valence-electron chi connectivity index (χ4n) is 2.74. The van der Waals surface area contributed by atoms with E-state index in [2.05, 4.69) is 5.32 Å². The summed E-state index contributed by atoms with van der Waals surface area (Å²) in [5.74, 6) is -1.51. The maximum absolute atomic E-state index is 12.1. The second-order valence-corrected chi connectivity index (χ2v) is 5.38. The fraction of sp³-hybridized carbons (Fsp3) is 0.500. The van der Waals surface area contributed by atoms with Crippen LogP contribution in [0.1, 0.15) is 43.6 Å². The van der Waals surface area contributed by atoms with Crippen molar-refractivity contribution in [2.45, 2.75) is 38.0 Å². The molecule has 108 valence electrons. The van der Waals surface area contributed by atoms with Crippen molar-refractivity contribution in [2.75, 3.05) is 6.54 Å². The number of carbonyl (C=O) groups excluding carboxylic acids is 1. The van der Waals surface area contributed by atoms with Crippen LogP contribution in [0.25, 0.3) is 0 Å². The van der Waals surface area contributed by atoms with E-state index in [1.165, 1.54) is 6.42 Å². The lowest BCUT2D eigenvalue weighted by molar-refractivity contribution is -0.138. The van der Waals surface area contributed by atoms with Gasteiger partial charge in [0.05, 0.1) is 5.92 Å². The number of carbonyl (C=O) groups is 2. The van der Waals surface area contributed by atoms with Crippen LogP contribution >= 0.6 is 0 Å². The van der Waals surface area contributed by atoms with Crippen LogP contribution in [0.2, 0.25) is 0 Å². The first-order valence-electron chi connectivity index (χ1n) is 7.24. The van der Waals surface area contributed by atoms with Gasteiger partial charge in [-0.1, -0.05) is 49.6 Å². The summed E-state index contributed by atoms with van der Waals surface area (Å²) >= 11 is 0. The minimum Gasteiger partial charge on any atom is -0.481 e. The fourth-order valence-corrected chi connectivity index (χ4v) is 2.74. The second-order valence-electron chi connectivity index (χ2n) is 5.38. The minimum absolute atomic E-state index is 0.00637. The van der Waals surface area contributed by atoms with Crippen LogP contribution in [0.3, 0.4) is 0 Å². The lowest BCUT2D eigenvalue weighted by Gasteiger charge is -2.22. The van der Waals surface area contributed by atoms with E-state index in [1.807, 2.05) is 18.2 Å². The summed E-state index contributed by atoms with van der Waals surface area (Å²) in [5.41, 5.74) is 0.726. The average Bonchev–Trinajstić information content (AvgIpc) is 2.49. The van der Waals surface area contributed by atoms with Gasteiger partial charge in [-0.2, -0.15) is 0 Å². The Bertz CT molecular complexity index is 452. The summed E-state index contributed by atoms with van der Waals surface area (Å²) in [4.78, 5) is 23.4. The van der Waals surface area contributed by atoms with Crippen LogP contribution in [0, 0.1) is 5.92 Å². The summed E-state index contributed by atoms with van der Waals surface area (Å²) in [5, 5.41) is 12.1. The first-order valence-corrected chi connectivity index (χ1v) is 7.24. The summed E-state index contributed by atoms with van der Waals surface area (Å²) in [6.45, 7) is 0.161. The topological polar surface area (TPSA) is 66.4 Å². The third kappa shape index (κ3) is 3.83. The Morgan fingerprint density at radius 3 is 2.40 bits per heavy atom. The summed E-state index contributed by atoms with van der Waals surface area (Å²) in [6.07, 6.45) is 5.24. The van der Waals surface area contributed by atoms with E-state index >= 15 is 0 Å². The highest BCUT2D eigenvalue weighted by Gasteiger charge is 2.24. The molecule has 1 atom stereocenters. The summed E-state index contributed by atoms with van der Waals surface area (Å²) in [6, 6.07) is 9.04. The van der Waals surface area contributed by atoms with Crippen molar-refractivity contribution in [3.8, 4) is 0 Å². The molecule has 0 aromatic heterocycles. The quantitative estimate of drug-likeness (QED) is 0.868. The van der Waals surface area contributed by atoms with Gasteiger partial charge in [0.15, 0.2) is 0 Å². The van der Waals surface area contributed by atoms with Gasteiger partial charge in [-0.25, -0.2) is 0 Å². The summed E-state index contributed by atoms with van der Waals surface area (Å²) < 4.78 is 0. The molecule has 0 bridgehead atoms. The van der Waals surface area contributed by atoms with Gasteiger partial charge in [0.2, 0.25) is 5.91 Å². The monoisotopic (exact) mass is 275 g/mol. The van der Waals surface area contributed by atoms with E-state index in [4.69, 9.17) is 0 Å². The molecule has 0 saturated heterocycles. The van der Waals surface area contributed by atoms with E-state index < -0.39 is 11.9 Å². The zero-order valence-corrected chi connectivity index (χ0v) is 11.5. The molecule has 0 heterocycles. The smallest absolute Gasteiger partial charge is 0.312 e. The Balaban J connectivity index is 1.92. The molecule has 4 heteroatoms. The van der Waals surface area contributed by atoms with Crippen molar-refractivity contribution in [2.24, 2.45) is 5.92 Å². The van der Waals surface area contributed by atoms with Gasteiger partial charge in [0.25, 0.3) is 0 Å². The SMILES string of the molecule is O=C(NCC(C(=O)O)c1ccccc1)C1CCCCC1. The number of rotatable bonds is 5. The molecule has 1 saturated carbocycles. The third-order valence-corrected chi connectivity index (χ3v) is 3.96. The lowest BCUT2D eigenvalue weighted by Crippen LogP contribution is -2.36. The predicted octanol–water partition coefficient (Wildman–Crippen LogP) is 2.55. The van der Waals surface area contributed by atoms with Gasteiger partial charge in [-0.05, 0) is 18.4 Å². The molecule has 0 radical (unpaired) electrons. The molecular weight excluding hydrogens is 254 g/mol. The van der Waals surface area contributed by atoms with Gasteiger partial charge in [-0.3, -0.25) is 9.59 Å². The molecule has 1 fully saturated rings. The van der Waals surface area contributed by atoms with Gasteiger partial charge in [-0.15, -0.1) is 0 Å². The largest absolute Gasteiger partial charge is 0.481 e. The Hall–Kier alpha value is -1.84. The molecular formula is C16H21NO3. The number of hydrogen-bond acceptors (Lipinski definition) is 2. The van der Waals surface area contributed by atoms with E-state index in [0.717, 1.165) is 31.2 Å². The van der Waals surface area contributed by atoms with Crippen LogP contribution in [-0.4, -0.2) is 23.5 Å². The first-order chi connectivity index (χ1) is 9.68. The molecule has 2 N–H and O–H groups in total. The van der Waals surface area contributed by atoms with Crippen LogP contribution < -0.4 is 5.32 Å². The van der Waals surface area contributed by atoms with Crippen LogP contribution in [0.15, 0.2) is 30.3 Å². The Labute approximate surface area is 119 Å². The van der Waals surface area contributed by atoms with E-state index in [-0.39, 0.29) is 18.4 Å². The number of aliphatic carboxylic acids is 1.